The molecule has 60 valence electrons. The molecule has 0 heterocycles. The van der Waals surface area contributed by atoms with Crippen molar-refractivity contribution in [3.05, 3.63) is 0 Å². The summed E-state index contributed by atoms with van der Waals surface area (Å²) < 4.78 is 4.27. The number of hydrogen-bond acceptors (Lipinski definition) is 3. The second-order valence-corrected chi connectivity index (χ2v) is 1.55. The Hall–Kier alpha value is 1.66. The second kappa shape index (κ2) is 11.7. The van der Waals surface area contributed by atoms with Crippen LogP contribution < -0.4 is 0 Å². The van der Waals surface area contributed by atoms with Crippen LogP contribution in [0.3, 0.4) is 0 Å². The molecule has 0 rings (SSSR count). The van der Waals surface area contributed by atoms with Gasteiger partial charge in [-0.1, -0.05) is 13.8 Å². The van der Waals surface area contributed by atoms with Crippen molar-refractivity contribution in [3.8, 4) is 0 Å². The van der Waals surface area contributed by atoms with Crippen LogP contribution in [-0.4, -0.2) is 87.4 Å². The summed E-state index contributed by atoms with van der Waals surface area (Å²) >= 11 is 0. The fourth-order valence-corrected chi connectivity index (χ4v) is 0.271. The summed E-state index contributed by atoms with van der Waals surface area (Å²) in [7, 11) is 0. The quantitative estimate of drug-likeness (QED) is 0.383. The topological polar surface area (TPSA) is 43.4 Å². The molecular weight excluding hydrogens is 200 g/mol. The summed E-state index contributed by atoms with van der Waals surface area (Å²) in [5.41, 5.74) is 0. The van der Waals surface area contributed by atoms with Gasteiger partial charge in [0.25, 0.3) is 0 Å². The van der Waals surface area contributed by atoms with Gasteiger partial charge in [0, 0.05) is 12.8 Å². The van der Waals surface area contributed by atoms with E-state index in [9.17, 15) is 9.59 Å². The third-order valence-electron chi connectivity index (χ3n) is 0.805. The van der Waals surface area contributed by atoms with E-state index in [1.54, 1.807) is 13.8 Å². The first-order valence-corrected chi connectivity index (χ1v) is 2.94. The standard InChI is InChI=1S/C6H10O3.2Ca.4H/c1-3-5(7)9-6(8)4-2;;;;;;/h3-4H2,1-2H3;;;;;;/q;2*+2;4*-1. The van der Waals surface area contributed by atoms with Gasteiger partial charge < -0.3 is 10.4 Å². The molecule has 0 amide bonds. The predicted octanol–water partition coefficient (Wildman–Crippen LogP) is 0.565. The van der Waals surface area contributed by atoms with Gasteiger partial charge in [-0.05, 0) is 0 Å². The van der Waals surface area contributed by atoms with Crippen molar-refractivity contribution < 1.29 is 20.0 Å². The van der Waals surface area contributed by atoms with Crippen LogP contribution in [0.1, 0.15) is 32.4 Å². The number of esters is 2. The van der Waals surface area contributed by atoms with E-state index >= 15 is 0 Å². The van der Waals surface area contributed by atoms with E-state index in [0.29, 0.717) is 0 Å². The normalized spacial score (nSPS) is 7.09. The minimum absolute atomic E-state index is 0. The van der Waals surface area contributed by atoms with Gasteiger partial charge in [-0.25, -0.2) is 0 Å². The van der Waals surface area contributed by atoms with Crippen LogP contribution >= 0.6 is 0 Å². The Labute approximate surface area is 132 Å². The van der Waals surface area contributed by atoms with Crippen LogP contribution in [0.4, 0.5) is 0 Å². The number of carbonyl (C=O) groups excluding carboxylic acids is 2. The molecule has 0 spiro atoms. The van der Waals surface area contributed by atoms with Crippen molar-refractivity contribution in [1.29, 1.82) is 0 Å². The zero-order valence-electron chi connectivity index (χ0n) is 11.1. The minimum Gasteiger partial charge on any atom is -1.00 e. The Morgan fingerprint density at radius 3 is 1.55 bits per heavy atom. The van der Waals surface area contributed by atoms with E-state index in [2.05, 4.69) is 4.74 Å². The van der Waals surface area contributed by atoms with Crippen molar-refractivity contribution in [2.45, 2.75) is 26.7 Å². The number of hydrogen-bond donors (Lipinski definition) is 0. The van der Waals surface area contributed by atoms with E-state index in [-0.39, 0.29) is 94.0 Å². The molecule has 0 aromatic heterocycles. The van der Waals surface area contributed by atoms with Crippen LogP contribution in [0.25, 0.3) is 0 Å². The Bertz CT molecular complexity index is 124. The average Bonchev–Trinajstić information content (AvgIpc) is 1.87. The van der Waals surface area contributed by atoms with E-state index in [4.69, 9.17) is 0 Å². The zero-order valence-corrected chi connectivity index (χ0v) is 11.5. The molecule has 0 N–H and O–H groups in total. The van der Waals surface area contributed by atoms with E-state index < -0.39 is 11.9 Å². The third kappa shape index (κ3) is 11.7. The minimum atomic E-state index is -0.457. The van der Waals surface area contributed by atoms with Gasteiger partial charge in [0.2, 0.25) is 0 Å². The third-order valence-corrected chi connectivity index (χ3v) is 0.805. The van der Waals surface area contributed by atoms with Crippen LogP contribution in [0, 0.1) is 0 Å². The summed E-state index contributed by atoms with van der Waals surface area (Å²) in [4.78, 5) is 20.7. The van der Waals surface area contributed by atoms with E-state index in [1.165, 1.54) is 0 Å². The molecule has 3 nitrogen and oxygen atoms in total. The molecule has 11 heavy (non-hydrogen) atoms. The molecule has 0 atom stereocenters. The van der Waals surface area contributed by atoms with Gasteiger partial charge in [0.1, 0.15) is 0 Å². The number of carbonyl (C=O) groups is 2. The Balaban J connectivity index is -0.0000000213. The Kier molecular flexibility index (Phi) is 19.6. The molecule has 0 saturated carbocycles. The summed E-state index contributed by atoms with van der Waals surface area (Å²) in [6.45, 7) is 3.29. The number of ether oxygens (including phenoxy) is 1. The van der Waals surface area contributed by atoms with Crippen molar-refractivity contribution in [2.75, 3.05) is 0 Å². The van der Waals surface area contributed by atoms with Crippen LogP contribution in [0.2, 0.25) is 0 Å². The molecule has 0 aliphatic carbocycles. The van der Waals surface area contributed by atoms with Crippen LogP contribution in [-0.2, 0) is 14.3 Å². The van der Waals surface area contributed by atoms with E-state index in [1.807, 2.05) is 0 Å². The van der Waals surface area contributed by atoms with Crippen LogP contribution in [0.5, 0.6) is 0 Å². The summed E-state index contributed by atoms with van der Waals surface area (Å²) in [6.07, 6.45) is 0.511. The van der Waals surface area contributed by atoms with Gasteiger partial charge >= 0.3 is 87.4 Å². The summed E-state index contributed by atoms with van der Waals surface area (Å²) in [5, 5.41) is 0. The van der Waals surface area contributed by atoms with Crippen molar-refractivity contribution in [2.24, 2.45) is 0 Å². The molecule has 0 unspecified atom stereocenters. The molecule has 0 aromatic carbocycles. The molecule has 0 fully saturated rings. The maximum absolute atomic E-state index is 10.3. The smallest absolute Gasteiger partial charge is 1.00 e. The monoisotopic (exact) mass is 214 g/mol. The molecule has 0 aromatic rings. The van der Waals surface area contributed by atoms with Crippen molar-refractivity contribution in [1.82, 2.24) is 0 Å². The molecule has 0 aliphatic heterocycles. The first kappa shape index (κ1) is 18.4. The Morgan fingerprint density at radius 1 is 1.09 bits per heavy atom. The van der Waals surface area contributed by atoms with Gasteiger partial charge in [-0.3, -0.25) is 9.59 Å². The van der Waals surface area contributed by atoms with Crippen molar-refractivity contribution in [3.63, 3.8) is 0 Å². The molecule has 0 aliphatic rings. The first-order valence-electron chi connectivity index (χ1n) is 2.94. The summed E-state index contributed by atoms with van der Waals surface area (Å²) in [5.74, 6) is -0.913. The van der Waals surface area contributed by atoms with Gasteiger partial charge in [-0.15, -0.1) is 0 Å². The molecular formula is C6H14Ca2O3. The number of rotatable bonds is 2. The molecule has 0 bridgehead atoms. The second-order valence-electron chi connectivity index (χ2n) is 1.55. The molecule has 5 heteroatoms. The fourth-order valence-electron chi connectivity index (χ4n) is 0.271. The fraction of sp³-hybridized carbons (Fsp3) is 0.667. The zero-order chi connectivity index (χ0) is 7.28. The molecule has 0 saturated heterocycles. The van der Waals surface area contributed by atoms with Crippen LogP contribution in [0.15, 0.2) is 0 Å². The Morgan fingerprint density at radius 2 is 1.36 bits per heavy atom. The molecule has 0 radical (unpaired) electrons. The predicted molar refractivity (Wildman–Crippen MR) is 47.6 cm³/mol. The largest absolute Gasteiger partial charge is 2.00 e. The first-order chi connectivity index (χ1) is 4.20. The van der Waals surface area contributed by atoms with Gasteiger partial charge in [0.15, 0.2) is 0 Å². The SMILES string of the molecule is CCC(=O)OC(=O)CC.[Ca+2].[Ca+2].[H-].[H-].[H-].[H-]. The summed E-state index contributed by atoms with van der Waals surface area (Å²) in [6, 6.07) is 0. The maximum Gasteiger partial charge on any atom is 2.00 e. The van der Waals surface area contributed by atoms with Gasteiger partial charge in [0.05, 0.1) is 0 Å². The maximum atomic E-state index is 10.3. The van der Waals surface area contributed by atoms with E-state index in [0.717, 1.165) is 0 Å². The van der Waals surface area contributed by atoms with Gasteiger partial charge in [-0.2, -0.15) is 0 Å². The van der Waals surface area contributed by atoms with Crippen molar-refractivity contribution >= 4 is 87.4 Å². The average molecular weight is 214 g/mol.